The van der Waals surface area contributed by atoms with Crippen LogP contribution in [0, 0.1) is 0 Å². The van der Waals surface area contributed by atoms with E-state index in [0.717, 1.165) is 5.56 Å². The van der Waals surface area contributed by atoms with Gasteiger partial charge in [0.1, 0.15) is 11.9 Å². The van der Waals surface area contributed by atoms with Crippen LogP contribution in [-0.4, -0.2) is 24.6 Å². The Morgan fingerprint density at radius 2 is 1.86 bits per heavy atom. The van der Waals surface area contributed by atoms with E-state index < -0.39 is 19.0 Å². The predicted octanol–water partition coefficient (Wildman–Crippen LogP) is 3.91. The fourth-order valence-corrected chi connectivity index (χ4v) is 3.35. The van der Waals surface area contributed by atoms with Gasteiger partial charge in [-0.1, -0.05) is 30.3 Å². The van der Waals surface area contributed by atoms with E-state index in [0.29, 0.717) is 0 Å². The van der Waals surface area contributed by atoms with E-state index in [1.54, 1.807) is 27.7 Å². The fourth-order valence-electron chi connectivity index (χ4n) is 1.76. The second kappa shape index (κ2) is 7.77. The van der Waals surface area contributed by atoms with Crippen LogP contribution in [0.2, 0.25) is 0 Å². The largest absolute Gasteiger partial charge is 0.445 e. The van der Waals surface area contributed by atoms with E-state index in [1.165, 1.54) is 7.11 Å². The van der Waals surface area contributed by atoms with Crippen LogP contribution in [0.3, 0.4) is 0 Å². The van der Waals surface area contributed by atoms with Gasteiger partial charge in [-0.25, -0.2) is 4.79 Å². The number of rotatable bonds is 7. The summed E-state index contributed by atoms with van der Waals surface area (Å²) in [7, 11) is -2.23. The van der Waals surface area contributed by atoms with Crippen molar-refractivity contribution in [3.63, 3.8) is 0 Å². The predicted molar refractivity (Wildman–Crippen MR) is 84.7 cm³/mol. The van der Waals surface area contributed by atoms with Crippen LogP contribution < -0.4 is 5.32 Å². The Morgan fingerprint density at radius 3 is 2.36 bits per heavy atom. The zero-order chi connectivity index (χ0) is 16.8. The molecule has 0 aliphatic carbocycles. The third-order valence-corrected chi connectivity index (χ3v) is 5.56. The number of hydrogen-bond acceptors (Lipinski definition) is 5. The molecule has 22 heavy (non-hydrogen) atoms. The lowest BCUT2D eigenvalue weighted by atomic mass is 10.2. The average molecular weight is 329 g/mol. The van der Waals surface area contributed by atoms with Gasteiger partial charge in [0, 0.05) is 7.11 Å². The molecule has 1 rings (SSSR count). The van der Waals surface area contributed by atoms with Crippen molar-refractivity contribution in [2.24, 2.45) is 0 Å². The lowest BCUT2D eigenvalue weighted by Gasteiger charge is -2.33. The van der Waals surface area contributed by atoms with E-state index in [-0.39, 0.29) is 12.7 Å². The van der Waals surface area contributed by atoms with Crippen LogP contribution in [-0.2, 0) is 25.0 Å². The molecule has 0 aliphatic heterocycles. The van der Waals surface area contributed by atoms with Gasteiger partial charge in [0.2, 0.25) is 0 Å². The van der Waals surface area contributed by atoms with Gasteiger partial charge < -0.3 is 19.1 Å². The molecule has 1 unspecified atom stereocenters. The summed E-state index contributed by atoms with van der Waals surface area (Å²) in [6, 6.07) is 9.29. The number of nitrogens with one attached hydrogen (secondary N) is 1. The maximum atomic E-state index is 12.7. The van der Waals surface area contributed by atoms with Crippen molar-refractivity contribution in [2.75, 3.05) is 7.11 Å². The van der Waals surface area contributed by atoms with Gasteiger partial charge >= 0.3 is 13.7 Å². The quantitative estimate of drug-likeness (QED) is 0.768. The van der Waals surface area contributed by atoms with Crippen LogP contribution in [0.1, 0.15) is 33.3 Å². The van der Waals surface area contributed by atoms with E-state index in [1.807, 2.05) is 30.3 Å². The summed E-state index contributed by atoms with van der Waals surface area (Å²) >= 11 is 0. The molecule has 1 aromatic carbocycles. The summed E-state index contributed by atoms with van der Waals surface area (Å²) in [5, 5.41) is 1.34. The monoisotopic (exact) mass is 329 g/mol. The Balaban J connectivity index is 2.66. The number of hydrogen-bond donors (Lipinski definition) is 1. The zero-order valence-electron chi connectivity index (χ0n) is 13.7. The SMILES string of the molecule is COP(=O)(OC(C)C)C(C)(C)NC(=O)OCc1ccccc1. The number of carbonyl (C=O) groups is 1. The second-order valence-corrected chi connectivity index (χ2v) is 8.27. The lowest BCUT2D eigenvalue weighted by Crippen LogP contribution is -2.44. The van der Waals surface area contributed by atoms with Gasteiger partial charge in [0.05, 0.1) is 6.10 Å². The lowest BCUT2D eigenvalue weighted by molar-refractivity contribution is 0.125. The Morgan fingerprint density at radius 1 is 1.27 bits per heavy atom. The van der Waals surface area contributed by atoms with Gasteiger partial charge in [-0.3, -0.25) is 4.57 Å². The number of amides is 1. The third-order valence-electron chi connectivity index (χ3n) is 2.90. The molecule has 0 saturated carbocycles. The normalized spacial score (nSPS) is 14.5. The average Bonchev–Trinajstić information content (AvgIpc) is 2.44. The molecule has 6 nitrogen and oxygen atoms in total. The van der Waals surface area contributed by atoms with Crippen molar-refractivity contribution in [2.45, 2.75) is 45.7 Å². The first kappa shape index (κ1) is 18.7. The molecule has 0 spiro atoms. The third kappa shape index (κ3) is 5.13. The summed E-state index contributed by atoms with van der Waals surface area (Å²) in [6.45, 7) is 6.77. The van der Waals surface area contributed by atoms with Crippen molar-refractivity contribution in [1.29, 1.82) is 0 Å². The molecule has 0 saturated heterocycles. The van der Waals surface area contributed by atoms with Crippen molar-refractivity contribution in [1.82, 2.24) is 5.32 Å². The van der Waals surface area contributed by atoms with Crippen molar-refractivity contribution < 1.29 is 23.1 Å². The van der Waals surface area contributed by atoms with Gasteiger partial charge in [-0.05, 0) is 33.3 Å². The molecule has 7 heteroatoms. The molecule has 1 amide bonds. The van der Waals surface area contributed by atoms with E-state index >= 15 is 0 Å². The summed E-state index contributed by atoms with van der Waals surface area (Å²) in [4.78, 5) is 11.9. The minimum absolute atomic E-state index is 0.130. The smallest absolute Gasteiger partial charge is 0.408 e. The number of benzene rings is 1. The Bertz CT molecular complexity index is 530. The molecule has 1 aromatic rings. The number of ether oxygens (including phenoxy) is 1. The number of carbonyl (C=O) groups excluding carboxylic acids is 1. The molecule has 124 valence electrons. The maximum Gasteiger partial charge on any atom is 0.408 e. The maximum absolute atomic E-state index is 12.7. The number of alkyl carbamates (subject to hydrolysis) is 1. The van der Waals surface area contributed by atoms with Crippen LogP contribution in [0.4, 0.5) is 4.79 Å². The molecule has 1 atom stereocenters. The summed E-state index contributed by atoms with van der Waals surface area (Å²) in [5.74, 6) is 0. The first-order valence-electron chi connectivity index (χ1n) is 7.03. The standard InChI is InChI=1S/C15H24NO5P/c1-12(2)21-22(18,19-5)15(3,4)16-14(17)20-11-13-9-7-6-8-10-13/h6-10,12H,11H2,1-5H3,(H,16,17). The fraction of sp³-hybridized carbons (Fsp3) is 0.533. The Kier molecular flexibility index (Phi) is 6.60. The van der Waals surface area contributed by atoms with Gasteiger partial charge in [-0.15, -0.1) is 0 Å². The highest BCUT2D eigenvalue weighted by atomic mass is 31.2. The first-order valence-corrected chi connectivity index (χ1v) is 8.57. The molecule has 0 aliphatic rings. The van der Waals surface area contributed by atoms with Crippen LogP contribution >= 0.6 is 7.60 Å². The highest BCUT2D eigenvalue weighted by Crippen LogP contribution is 2.58. The van der Waals surface area contributed by atoms with Gasteiger partial charge in [-0.2, -0.15) is 0 Å². The molecule has 1 N–H and O–H groups in total. The molecule has 0 fully saturated rings. The summed E-state index contributed by atoms with van der Waals surface area (Å²) < 4.78 is 28.3. The minimum atomic E-state index is -3.52. The Hall–Kier alpha value is -1.36. The van der Waals surface area contributed by atoms with Gasteiger partial charge in [0.25, 0.3) is 0 Å². The van der Waals surface area contributed by atoms with Crippen molar-refractivity contribution in [3.8, 4) is 0 Å². The highest BCUT2D eigenvalue weighted by molar-refractivity contribution is 7.55. The summed E-state index contributed by atoms with van der Waals surface area (Å²) in [5.41, 5.74) is 0.865. The zero-order valence-corrected chi connectivity index (χ0v) is 14.6. The Labute approximate surface area is 131 Å². The van der Waals surface area contributed by atoms with E-state index in [9.17, 15) is 9.36 Å². The summed E-state index contributed by atoms with van der Waals surface area (Å²) in [6.07, 6.45) is -0.981. The van der Waals surface area contributed by atoms with E-state index in [4.69, 9.17) is 13.8 Å². The molecular weight excluding hydrogens is 305 g/mol. The van der Waals surface area contributed by atoms with Gasteiger partial charge in [0.15, 0.2) is 0 Å². The van der Waals surface area contributed by atoms with Crippen molar-refractivity contribution in [3.05, 3.63) is 35.9 Å². The topological polar surface area (TPSA) is 73.9 Å². The highest BCUT2D eigenvalue weighted by Gasteiger charge is 2.45. The van der Waals surface area contributed by atoms with Crippen LogP contribution in [0.5, 0.6) is 0 Å². The molecule has 0 bridgehead atoms. The molecule has 0 aromatic heterocycles. The van der Waals surface area contributed by atoms with Crippen LogP contribution in [0.25, 0.3) is 0 Å². The molecule has 0 heterocycles. The first-order chi connectivity index (χ1) is 10.2. The minimum Gasteiger partial charge on any atom is -0.445 e. The van der Waals surface area contributed by atoms with Crippen molar-refractivity contribution >= 4 is 13.7 Å². The second-order valence-electron chi connectivity index (χ2n) is 5.58. The van der Waals surface area contributed by atoms with E-state index in [2.05, 4.69) is 5.32 Å². The molecular formula is C15H24NO5P. The molecule has 0 radical (unpaired) electrons. The van der Waals surface area contributed by atoms with Crippen LogP contribution in [0.15, 0.2) is 30.3 Å².